The summed E-state index contributed by atoms with van der Waals surface area (Å²) in [5, 5.41) is 0. The first kappa shape index (κ1) is 20.7. The molecule has 3 aromatic carbocycles. The van der Waals surface area contributed by atoms with Gasteiger partial charge in [-0.3, -0.25) is 9.79 Å². The molecule has 0 N–H and O–H groups in total. The highest BCUT2D eigenvalue weighted by Gasteiger charge is 2.19. The van der Waals surface area contributed by atoms with Crippen molar-refractivity contribution in [3.05, 3.63) is 88.7 Å². The lowest BCUT2D eigenvalue weighted by Gasteiger charge is -2.20. The topological polar surface area (TPSA) is 41.9 Å². The second-order valence-electron chi connectivity index (χ2n) is 7.22. The van der Waals surface area contributed by atoms with Crippen molar-refractivity contribution in [3.8, 4) is 16.9 Å². The van der Waals surface area contributed by atoms with E-state index in [0.29, 0.717) is 18.7 Å². The molecule has 4 rings (SSSR count). The second-order valence-corrected chi connectivity index (χ2v) is 7.22. The maximum absolute atomic E-state index is 13.6. The number of hydrogen-bond acceptors (Lipinski definition) is 3. The van der Waals surface area contributed by atoms with Crippen LogP contribution >= 0.6 is 0 Å². The van der Waals surface area contributed by atoms with Crippen LogP contribution < -0.4 is 4.74 Å². The third-order valence-corrected chi connectivity index (χ3v) is 5.12. The van der Waals surface area contributed by atoms with Crippen LogP contribution in [0.1, 0.15) is 27.0 Å². The van der Waals surface area contributed by atoms with E-state index < -0.39 is 12.4 Å². The third-order valence-electron chi connectivity index (χ3n) is 5.12. The SMILES string of the molecule is CN(Cc1cccc2c1CN=C2)C(=O)c1ccc(-c2cccc(F)c2)c(OC(F)F)c1. The Kier molecular flexibility index (Phi) is 5.75. The highest BCUT2D eigenvalue weighted by Crippen LogP contribution is 2.33. The number of nitrogens with zero attached hydrogens (tertiary/aromatic N) is 2. The van der Waals surface area contributed by atoms with Crippen LogP contribution in [0.5, 0.6) is 5.75 Å². The number of halogens is 3. The van der Waals surface area contributed by atoms with Crippen molar-refractivity contribution < 1.29 is 22.7 Å². The van der Waals surface area contributed by atoms with Crippen molar-refractivity contribution >= 4 is 12.1 Å². The number of aliphatic imine (C=N–C) groups is 1. The Morgan fingerprint density at radius 1 is 1.13 bits per heavy atom. The number of rotatable bonds is 6. The van der Waals surface area contributed by atoms with E-state index in [9.17, 15) is 18.0 Å². The molecule has 0 bridgehead atoms. The van der Waals surface area contributed by atoms with Gasteiger partial charge in [0.25, 0.3) is 5.91 Å². The Morgan fingerprint density at radius 2 is 1.94 bits per heavy atom. The van der Waals surface area contributed by atoms with Crippen molar-refractivity contribution in [2.45, 2.75) is 19.7 Å². The summed E-state index contributed by atoms with van der Waals surface area (Å²) in [4.78, 5) is 18.8. The minimum atomic E-state index is -3.08. The fourth-order valence-electron chi connectivity index (χ4n) is 3.64. The first-order valence-corrected chi connectivity index (χ1v) is 9.63. The van der Waals surface area contributed by atoms with E-state index in [2.05, 4.69) is 9.73 Å². The normalized spacial score (nSPS) is 12.2. The van der Waals surface area contributed by atoms with Crippen molar-refractivity contribution in [2.75, 3.05) is 7.05 Å². The van der Waals surface area contributed by atoms with Crippen LogP contribution in [0.25, 0.3) is 11.1 Å². The highest BCUT2D eigenvalue weighted by molar-refractivity contribution is 5.95. The van der Waals surface area contributed by atoms with Gasteiger partial charge in [0, 0.05) is 30.9 Å². The number of fused-ring (bicyclic) bond motifs is 1. The van der Waals surface area contributed by atoms with Crippen LogP contribution in [0.15, 0.2) is 65.7 Å². The zero-order valence-corrected chi connectivity index (χ0v) is 16.7. The van der Waals surface area contributed by atoms with Gasteiger partial charge in [-0.15, -0.1) is 0 Å². The number of alkyl halides is 2. The van der Waals surface area contributed by atoms with Crippen molar-refractivity contribution in [1.82, 2.24) is 4.90 Å². The molecule has 0 radical (unpaired) electrons. The Labute approximate surface area is 177 Å². The van der Waals surface area contributed by atoms with Crippen LogP contribution in [0.3, 0.4) is 0 Å². The van der Waals surface area contributed by atoms with Gasteiger partial charge in [-0.1, -0.05) is 30.3 Å². The summed E-state index contributed by atoms with van der Waals surface area (Å²) < 4.78 is 44.2. The number of ether oxygens (including phenoxy) is 1. The van der Waals surface area contributed by atoms with E-state index in [1.807, 2.05) is 18.2 Å². The van der Waals surface area contributed by atoms with Crippen molar-refractivity contribution in [1.29, 1.82) is 0 Å². The molecule has 0 saturated heterocycles. The molecule has 0 fully saturated rings. The first-order chi connectivity index (χ1) is 14.9. The molecule has 1 aliphatic rings. The summed E-state index contributed by atoms with van der Waals surface area (Å²) in [6, 6.07) is 15.6. The van der Waals surface area contributed by atoms with Crippen molar-refractivity contribution in [3.63, 3.8) is 0 Å². The number of benzene rings is 3. The van der Waals surface area contributed by atoms with E-state index in [4.69, 9.17) is 0 Å². The van der Waals surface area contributed by atoms with Crippen LogP contribution in [0.2, 0.25) is 0 Å². The third kappa shape index (κ3) is 4.45. The molecule has 0 unspecified atom stereocenters. The molecule has 31 heavy (non-hydrogen) atoms. The summed E-state index contributed by atoms with van der Waals surface area (Å²) in [6.45, 7) is -2.16. The molecule has 3 aromatic rings. The molecule has 0 atom stereocenters. The van der Waals surface area contributed by atoms with Gasteiger partial charge in [-0.25, -0.2) is 4.39 Å². The predicted octanol–water partition coefficient (Wildman–Crippen LogP) is 5.30. The Hall–Kier alpha value is -3.61. The molecule has 4 nitrogen and oxygen atoms in total. The Morgan fingerprint density at radius 3 is 2.71 bits per heavy atom. The maximum atomic E-state index is 13.6. The molecule has 1 heterocycles. The Balaban J connectivity index is 1.61. The summed E-state index contributed by atoms with van der Waals surface area (Å²) in [5.74, 6) is -1.03. The molecule has 0 aliphatic carbocycles. The number of carbonyl (C=O) groups excluding carboxylic acids is 1. The molecular formula is C24H19F3N2O2. The quantitative estimate of drug-likeness (QED) is 0.539. The van der Waals surface area contributed by atoms with E-state index in [0.717, 1.165) is 16.7 Å². The zero-order valence-electron chi connectivity index (χ0n) is 16.7. The summed E-state index contributed by atoms with van der Waals surface area (Å²) >= 11 is 0. The van der Waals surface area contributed by atoms with Gasteiger partial charge in [0.1, 0.15) is 11.6 Å². The van der Waals surface area contributed by atoms with Gasteiger partial charge in [0.05, 0.1) is 6.54 Å². The lowest BCUT2D eigenvalue weighted by molar-refractivity contribution is -0.0495. The standard InChI is InChI=1S/C24H19F3N2O2/c1-29(14-18-6-2-5-17-12-28-13-21(17)18)23(30)16-8-9-20(22(11-16)31-24(26)27)15-4-3-7-19(25)10-15/h2-12,24H,13-14H2,1H3. The van der Waals surface area contributed by atoms with Crippen molar-refractivity contribution in [2.24, 2.45) is 4.99 Å². The average Bonchev–Trinajstić information content (AvgIpc) is 3.22. The van der Waals surface area contributed by atoms with Gasteiger partial charge < -0.3 is 9.64 Å². The lowest BCUT2D eigenvalue weighted by Crippen LogP contribution is -2.26. The minimum Gasteiger partial charge on any atom is -0.434 e. The molecule has 0 saturated carbocycles. The summed E-state index contributed by atoms with van der Waals surface area (Å²) in [6.07, 6.45) is 1.81. The van der Waals surface area contributed by atoms with Crippen LogP contribution in [0, 0.1) is 5.82 Å². The Bertz CT molecular complexity index is 1160. The monoisotopic (exact) mass is 424 g/mol. The van der Waals surface area contributed by atoms with Gasteiger partial charge in [0.2, 0.25) is 0 Å². The summed E-state index contributed by atoms with van der Waals surface area (Å²) in [7, 11) is 1.64. The van der Waals surface area contributed by atoms with Gasteiger partial charge in [-0.2, -0.15) is 8.78 Å². The number of amides is 1. The smallest absolute Gasteiger partial charge is 0.387 e. The highest BCUT2D eigenvalue weighted by atomic mass is 19.3. The number of hydrogen-bond donors (Lipinski definition) is 0. The van der Waals surface area contributed by atoms with Gasteiger partial charge in [-0.05, 0) is 52.6 Å². The zero-order chi connectivity index (χ0) is 22.0. The molecule has 1 aliphatic heterocycles. The second kappa shape index (κ2) is 8.63. The average molecular weight is 424 g/mol. The molecule has 158 valence electrons. The fraction of sp³-hybridized carbons (Fsp3) is 0.167. The molecule has 7 heteroatoms. The van der Waals surface area contributed by atoms with Crippen LogP contribution in [-0.2, 0) is 13.1 Å². The van der Waals surface area contributed by atoms with E-state index in [-0.39, 0.29) is 22.8 Å². The van der Waals surface area contributed by atoms with E-state index >= 15 is 0 Å². The minimum absolute atomic E-state index is 0.186. The van der Waals surface area contributed by atoms with E-state index in [1.165, 1.54) is 41.3 Å². The molecular weight excluding hydrogens is 405 g/mol. The van der Waals surface area contributed by atoms with E-state index in [1.54, 1.807) is 19.3 Å². The van der Waals surface area contributed by atoms with Gasteiger partial charge >= 0.3 is 6.61 Å². The lowest BCUT2D eigenvalue weighted by atomic mass is 10.0. The van der Waals surface area contributed by atoms with Gasteiger partial charge in [0.15, 0.2) is 0 Å². The maximum Gasteiger partial charge on any atom is 0.387 e. The largest absolute Gasteiger partial charge is 0.434 e. The fourth-order valence-corrected chi connectivity index (χ4v) is 3.64. The van der Waals surface area contributed by atoms with Crippen LogP contribution in [-0.4, -0.2) is 30.7 Å². The first-order valence-electron chi connectivity index (χ1n) is 9.63. The molecule has 0 aromatic heterocycles. The summed E-state index contributed by atoms with van der Waals surface area (Å²) in [5.41, 5.74) is 3.93. The molecule has 0 spiro atoms. The number of carbonyl (C=O) groups is 1. The van der Waals surface area contributed by atoms with Crippen LogP contribution in [0.4, 0.5) is 13.2 Å². The predicted molar refractivity (Wildman–Crippen MR) is 112 cm³/mol. The molecule has 1 amide bonds.